The van der Waals surface area contributed by atoms with Crippen LogP contribution in [0.3, 0.4) is 0 Å². The molecule has 0 bridgehead atoms. The monoisotopic (exact) mass is 392 g/mol. The van der Waals surface area contributed by atoms with Crippen molar-refractivity contribution in [1.82, 2.24) is 10.3 Å². The SMILES string of the molecule is O=C(CCc1ccccc1Cl)NC[C@H]1Cc2cc(-c3cccnc3)ccc2O1. The van der Waals surface area contributed by atoms with Crippen LogP contribution in [0.2, 0.25) is 5.02 Å². The lowest BCUT2D eigenvalue weighted by atomic mass is 10.0. The zero-order valence-corrected chi connectivity index (χ0v) is 16.2. The number of pyridine rings is 1. The molecule has 2 aromatic carbocycles. The molecule has 142 valence electrons. The number of nitrogens with one attached hydrogen (secondary N) is 1. The van der Waals surface area contributed by atoms with Gasteiger partial charge < -0.3 is 10.1 Å². The minimum Gasteiger partial charge on any atom is -0.488 e. The van der Waals surface area contributed by atoms with Crippen LogP contribution in [0.5, 0.6) is 5.75 Å². The summed E-state index contributed by atoms with van der Waals surface area (Å²) < 4.78 is 5.98. The number of ether oxygens (including phenoxy) is 1. The van der Waals surface area contributed by atoms with Gasteiger partial charge in [0.25, 0.3) is 0 Å². The molecule has 1 N–H and O–H groups in total. The molecule has 3 aromatic rings. The van der Waals surface area contributed by atoms with Gasteiger partial charge in [-0.2, -0.15) is 0 Å². The Morgan fingerprint density at radius 3 is 2.86 bits per heavy atom. The minimum absolute atomic E-state index is 0.00975. The molecule has 4 nitrogen and oxygen atoms in total. The van der Waals surface area contributed by atoms with Crippen molar-refractivity contribution < 1.29 is 9.53 Å². The third kappa shape index (κ3) is 4.34. The summed E-state index contributed by atoms with van der Waals surface area (Å²) in [5, 5.41) is 3.68. The molecular formula is C23H21ClN2O2. The topological polar surface area (TPSA) is 51.2 Å². The molecule has 0 saturated heterocycles. The van der Waals surface area contributed by atoms with Crippen LogP contribution in [-0.4, -0.2) is 23.5 Å². The van der Waals surface area contributed by atoms with Gasteiger partial charge in [-0.05, 0) is 47.4 Å². The molecule has 1 aromatic heterocycles. The van der Waals surface area contributed by atoms with E-state index < -0.39 is 0 Å². The average Bonchev–Trinajstić information content (AvgIpc) is 3.14. The minimum atomic E-state index is -0.0385. The van der Waals surface area contributed by atoms with Crippen molar-refractivity contribution in [2.75, 3.05) is 6.54 Å². The number of benzene rings is 2. The van der Waals surface area contributed by atoms with E-state index in [1.807, 2.05) is 54.7 Å². The molecule has 0 saturated carbocycles. The van der Waals surface area contributed by atoms with Crippen LogP contribution in [0.15, 0.2) is 67.0 Å². The Balaban J connectivity index is 1.29. The summed E-state index contributed by atoms with van der Waals surface area (Å²) >= 11 is 6.14. The first-order chi connectivity index (χ1) is 13.7. The van der Waals surface area contributed by atoms with Gasteiger partial charge in [-0.3, -0.25) is 9.78 Å². The Morgan fingerprint density at radius 2 is 2.04 bits per heavy atom. The maximum atomic E-state index is 12.2. The number of hydrogen-bond donors (Lipinski definition) is 1. The molecule has 0 fully saturated rings. The summed E-state index contributed by atoms with van der Waals surface area (Å²) in [6.07, 6.45) is 5.41. The van der Waals surface area contributed by atoms with Crippen LogP contribution < -0.4 is 10.1 Å². The standard InChI is InChI=1S/C23H21ClN2O2/c24-21-6-2-1-4-16(21)8-10-23(27)26-15-20-13-19-12-17(7-9-22(19)28-20)18-5-3-11-25-14-18/h1-7,9,11-12,14,20H,8,10,13,15H2,(H,26,27)/t20-/m1/s1. The van der Waals surface area contributed by atoms with E-state index in [2.05, 4.69) is 16.4 Å². The molecule has 1 atom stereocenters. The molecule has 0 unspecified atom stereocenters. The lowest BCUT2D eigenvalue weighted by molar-refractivity contribution is -0.121. The van der Waals surface area contributed by atoms with Gasteiger partial charge in [-0.1, -0.05) is 41.9 Å². The summed E-state index contributed by atoms with van der Waals surface area (Å²) in [5.74, 6) is 0.901. The van der Waals surface area contributed by atoms with E-state index >= 15 is 0 Å². The number of nitrogens with zero attached hydrogens (tertiary/aromatic N) is 1. The summed E-state index contributed by atoms with van der Waals surface area (Å²) in [5.41, 5.74) is 4.37. The molecule has 1 aliphatic rings. The van der Waals surface area contributed by atoms with E-state index in [0.29, 0.717) is 24.4 Å². The second-order valence-corrected chi connectivity index (χ2v) is 7.31. The number of aromatic nitrogens is 1. The molecule has 5 heteroatoms. The second-order valence-electron chi connectivity index (χ2n) is 6.90. The van der Waals surface area contributed by atoms with E-state index in [0.717, 1.165) is 34.4 Å². The lowest BCUT2D eigenvalue weighted by Crippen LogP contribution is -2.34. The normalized spacial score (nSPS) is 15.0. The fraction of sp³-hybridized carbons (Fsp3) is 0.217. The van der Waals surface area contributed by atoms with E-state index in [4.69, 9.17) is 16.3 Å². The predicted octanol–water partition coefficient (Wildman–Crippen LogP) is 4.45. The quantitative estimate of drug-likeness (QED) is 0.674. The number of rotatable bonds is 6. The van der Waals surface area contributed by atoms with Crippen molar-refractivity contribution >= 4 is 17.5 Å². The lowest BCUT2D eigenvalue weighted by Gasteiger charge is -2.12. The van der Waals surface area contributed by atoms with E-state index in [-0.39, 0.29) is 12.0 Å². The molecule has 28 heavy (non-hydrogen) atoms. The average molecular weight is 393 g/mol. The van der Waals surface area contributed by atoms with E-state index in [1.54, 1.807) is 6.20 Å². The Kier molecular flexibility index (Phi) is 5.58. The highest BCUT2D eigenvalue weighted by atomic mass is 35.5. The zero-order chi connectivity index (χ0) is 19.3. The van der Waals surface area contributed by atoms with Crippen molar-refractivity contribution in [3.05, 3.63) is 83.1 Å². The van der Waals surface area contributed by atoms with E-state index in [9.17, 15) is 4.79 Å². The van der Waals surface area contributed by atoms with Gasteiger partial charge in [0.2, 0.25) is 5.91 Å². The first-order valence-corrected chi connectivity index (χ1v) is 9.77. The van der Waals surface area contributed by atoms with Crippen molar-refractivity contribution in [1.29, 1.82) is 0 Å². The maximum Gasteiger partial charge on any atom is 0.220 e. The molecular weight excluding hydrogens is 372 g/mol. The third-order valence-corrected chi connectivity index (χ3v) is 5.27. The summed E-state index contributed by atoms with van der Waals surface area (Å²) in [4.78, 5) is 16.4. The van der Waals surface area contributed by atoms with Crippen LogP contribution in [0, 0.1) is 0 Å². The van der Waals surface area contributed by atoms with Gasteiger partial charge in [0.1, 0.15) is 11.9 Å². The number of amides is 1. The smallest absolute Gasteiger partial charge is 0.220 e. The van der Waals surface area contributed by atoms with Crippen LogP contribution in [-0.2, 0) is 17.6 Å². The predicted molar refractivity (Wildman–Crippen MR) is 111 cm³/mol. The van der Waals surface area contributed by atoms with Crippen LogP contribution >= 0.6 is 11.6 Å². The number of fused-ring (bicyclic) bond motifs is 1. The highest BCUT2D eigenvalue weighted by Gasteiger charge is 2.23. The second kappa shape index (κ2) is 8.44. The highest BCUT2D eigenvalue weighted by Crippen LogP contribution is 2.32. The van der Waals surface area contributed by atoms with Gasteiger partial charge in [-0.25, -0.2) is 0 Å². The molecule has 1 amide bonds. The molecule has 4 rings (SSSR count). The zero-order valence-electron chi connectivity index (χ0n) is 15.4. The summed E-state index contributed by atoms with van der Waals surface area (Å²) in [7, 11) is 0. The first kappa shape index (κ1) is 18.5. The van der Waals surface area contributed by atoms with Gasteiger partial charge in [0.15, 0.2) is 0 Å². The molecule has 2 heterocycles. The number of aryl methyl sites for hydroxylation is 1. The van der Waals surface area contributed by atoms with Crippen molar-refractivity contribution in [2.24, 2.45) is 0 Å². The Hall–Kier alpha value is -2.85. The molecule has 1 aliphatic heterocycles. The van der Waals surface area contributed by atoms with Crippen LogP contribution in [0.25, 0.3) is 11.1 Å². The number of hydrogen-bond acceptors (Lipinski definition) is 3. The molecule has 0 spiro atoms. The van der Waals surface area contributed by atoms with Gasteiger partial charge in [0, 0.05) is 35.8 Å². The first-order valence-electron chi connectivity index (χ1n) is 9.39. The number of carbonyl (C=O) groups excluding carboxylic acids is 1. The van der Waals surface area contributed by atoms with Gasteiger partial charge in [0.05, 0.1) is 6.54 Å². The van der Waals surface area contributed by atoms with Crippen molar-refractivity contribution in [3.63, 3.8) is 0 Å². The number of halogens is 1. The fourth-order valence-corrected chi connectivity index (χ4v) is 3.64. The fourth-order valence-electron chi connectivity index (χ4n) is 3.41. The Bertz CT molecular complexity index is 975. The van der Waals surface area contributed by atoms with Crippen molar-refractivity contribution in [3.8, 4) is 16.9 Å². The number of carbonyl (C=O) groups is 1. The summed E-state index contributed by atoms with van der Waals surface area (Å²) in [6, 6.07) is 17.8. The van der Waals surface area contributed by atoms with Crippen molar-refractivity contribution in [2.45, 2.75) is 25.4 Å². The maximum absolute atomic E-state index is 12.2. The highest BCUT2D eigenvalue weighted by molar-refractivity contribution is 6.31. The molecule has 0 aliphatic carbocycles. The third-order valence-electron chi connectivity index (χ3n) is 4.90. The van der Waals surface area contributed by atoms with Crippen LogP contribution in [0.4, 0.5) is 0 Å². The Labute approximate surface area is 169 Å². The molecule has 0 radical (unpaired) electrons. The van der Waals surface area contributed by atoms with Gasteiger partial charge >= 0.3 is 0 Å². The summed E-state index contributed by atoms with van der Waals surface area (Å²) in [6.45, 7) is 0.498. The van der Waals surface area contributed by atoms with E-state index in [1.165, 1.54) is 0 Å². The van der Waals surface area contributed by atoms with Gasteiger partial charge in [-0.15, -0.1) is 0 Å². The largest absolute Gasteiger partial charge is 0.488 e. The van der Waals surface area contributed by atoms with Crippen LogP contribution in [0.1, 0.15) is 17.5 Å². The Morgan fingerprint density at radius 1 is 1.14 bits per heavy atom.